The van der Waals surface area contributed by atoms with E-state index in [1.54, 1.807) is 4.90 Å². The quantitative estimate of drug-likeness (QED) is 0.774. The van der Waals surface area contributed by atoms with Gasteiger partial charge >= 0.3 is 6.09 Å². The molecule has 158 valence electrons. The molecule has 0 saturated carbocycles. The molecule has 29 heavy (non-hydrogen) atoms. The van der Waals surface area contributed by atoms with Crippen molar-refractivity contribution in [2.45, 2.75) is 38.9 Å². The van der Waals surface area contributed by atoms with Crippen molar-refractivity contribution in [3.63, 3.8) is 0 Å². The summed E-state index contributed by atoms with van der Waals surface area (Å²) < 4.78 is 1.89. The van der Waals surface area contributed by atoms with E-state index in [9.17, 15) is 14.7 Å². The smallest absolute Gasteiger partial charge is 0.405 e. The molecule has 2 heterocycles. The van der Waals surface area contributed by atoms with E-state index >= 15 is 0 Å². The number of carboxylic acid groups (broad SMARTS) is 1. The first-order valence-corrected chi connectivity index (χ1v) is 9.37. The van der Waals surface area contributed by atoms with Crippen LogP contribution in [0.1, 0.15) is 31.9 Å². The van der Waals surface area contributed by atoms with Crippen molar-refractivity contribution in [3.05, 3.63) is 36.2 Å². The molecule has 0 bridgehead atoms. The highest BCUT2D eigenvalue weighted by Gasteiger charge is 2.33. The Bertz CT molecular complexity index is 883. The normalized spacial score (nSPS) is 18.2. The van der Waals surface area contributed by atoms with Crippen LogP contribution >= 0.6 is 12.4 Å². The van der Waals surface area contributed by atoms with Crippen LogP contribution in [0.5, 0.6) is 0 Å². The number of hydrogen-bond donors (Lipinski definition) is 2. The van der Waals surface area contributed by atoms with Gasteiger partial charge in [-0.25, -0.2) is 4.79 Å². The fourth-order valence-corrected chi connectivity index (χ4v) is 3.75. The van der Waals surface area contributed by atoms with Crippen LogP contribution in [0.25, 0.3) is 11.1 Å². The van der Waals surface area contributed by atoms with E-state index in [0.29, 0.717) is 6.42 Å². The third-order valence-corrected chi connectivity index (χ3v) is 5.06. The molecule has 0 fully saturated rings. The van der Waals surface area contributed by atoms with E-state index in [-0.39, 0.29) is 30.4 Å². The number of rotatable bonds is 5. The summed E-state index contributed by atoms with van der Waals surface area (Å²) in [6.45, 7) is 5.15. The fraction of sp³-hybridized carbons (Fsp3) is 0.450. The molecule has 2 atom stereocenters. The lowest BCUT2D eigenvalue weighted by molar-refractivity contribution is -0.117. The number of hydrogen-bond acceptors (Lipinski definition) is 4. The molecule has 2 N–H and O–H groups in total. The van der Waals surface area contributed by atoms with Crippen LogP contribution in [-0.2, 0) is 11.3 Å². The van der Waals surface area contributed by atoms with Crippen LogP contribution in [0.2, 0.25) is 0 Å². The Balaban J connectivity index is 0.00000300. The predicted molar refractivity (Wildman–Crippen MR) is 115 cm³/mol. The number of halogens is 1. The number of likely N-dealkylation sites (N-methyl/N-ethyl adjacent to an activating group) is 1. The second-order valence-electron chi connectivity index (χ2n) is 7.54. The molecular weight excluding hydrogens is 394 g/mol. The minimum Gasteiger partial charge on any atom is -0.465 e. The van der Waals surface area contributed by atoms with Gasteiger partial charge in [-0.15, -0.1) is 12.4 Å². The summed E-state index contributed by atoms with van der Waals surface area (Å²) in [6, 6.07) is 5.38. The van der Waals surface area contributed by atoms with Crippen LogP contribution in [0.3, 0.4) is 0 Å². The zero-order valence-corrected chi connectivity index (χ0v) is 17.9. The van der Waals surface area contributed by atoms with Gasteiger partial charge in [0.25, 0.3) is 0 Å². The number of amides is 2. The Labute approximate surface area is 176 Å². The second kappa shape index (κ2) is 9.28. The zero-order valence-electron chi connectivity index (χ0n) is 17.1. The number of nitrogens with zero attached hydrogens (tertiary/aromatic N) is 4. The molecule has 0 spiro atoms. The van der Waals surface area contributed by atoms with Crippen molar-refractivity contribution in [3.8, 4) is 11.1 Å². The molecule has 2 amide bonds. The molecule has 1 aromatic heterocycles. The molecule has 2 aromatic rings. The summed E-state index contributed by atoms with van der Waals surface area (Å²) in [5.41, 5.74) is 3.48. The topological polar surface area (TPSA) is 90.7 Å². The molecule has 1 aliphatic rings. The molecule has 0 radical (unpaired) electrons. The monoisotopic (exact) mass is 421 g/mol. The van der Waals surface area contributed by atoms with E-state index < -0.39 is 6.09 Å². The highest BCUT2D eigenvalue weighted by Crippen LogP contribution is 2.39. The number of fused-ring (bicyclic) bond motifs is 1. The van der Waals surface area contributed by atoms with Gasteiger partial charge < -0.3 is 20.2 Å². The van der Waals surface area contributed by atoms with Crippen molar-refractivity contribution in [2.24, 2.45) is 0 Å². The van der Waals surface area contributed by atoms with Crippen LogP contribution in [-0.4, -0.2) is 58.5 Å². The van der Waals surface area contributed by atoms with E-state index in [4.69, 9.17) is 0 Å². The summed E-state index contributed by atoms with van der Waals surface area (Å²) in [6.07, 6.45) is 3.26. The third-order valence-electron chi connectivity index (χ3n) is 5.06. The highest BCUT2D eigenvalue weighted by atomic mass is 35.5. The van der Waals surface area contributed by atoms with Gasteiger partial charge in [-0.05, 0) is 50.7 Å². The summed E-state index contributed by atoms with van der Waals surface area (Å²) in [7, 11) is 4.04. The first-order valence-electron chi connectivity index (χ1n) is 9.37. The average Bonchev–Trinajstić information content (AvgIpc) is 3.08. The minimum absolute atomic E-state index is 0. The summed E-state index contributed by atoms with van der Waals surface area (Å²) in [4.78, 5) is 27.3. The van der Waals surface area contributed by atoms with Crippen molar-refractivity contribution >= 4 is 30.1 Å². The molecule has 8 nitrogen and oxygen atoms in total. The van der Waals surface area contributed by atoms with E-state index in [1.165, 1.54) is 6.92 Å². The Hall–Kier alpha value is -2.58. The Morgan fingerprint density at radius 3 is 2.66 bits per heavy atom. The van der Waals surface area contributed by atoms with Gasteiger partial charge in [0.05, 0.1) is 18.8 Å². The Morgan fingerprint density at radius 1 is 1.31 bits per heavy atom. The molecule has 9 heteroatoms. The van der Waals surface area contributed by atoms with E-state index in [0.717, 1.165) is 35.5 Å². The van der Waals surface area contributed by atoms with Crippen molar-refractivity contribution in [1.82, 2.24) is 20.0 Å². The van der Waals surface area contributed by atoms with Gasteiger partial charge in [-0.1, -0.05) is 6.07 Å². The van der Waals surface area contributed by atoms with Gasteiger partial charge in [-0.2, -0.15) is 5.10 Å². The van der Waals surface area contributed by atoms with Crippen LogP contribution in [0.4, 0.5) is 10.5 Å². The summed E-state index contributed by atoms with van der Waals surface area (Å²) >= 11 is 0. The number of nitrogens with one attached hydrogen (secondary N) is 1. The first kappa shape index (κ1) is 22.7. The summed E-state index contributed by atoms with van der Waals surface area (Å²) in [5, 5.41) is 16.2. The lowest BCUT2D eigenvalue weighted by atomic mass is 9.89. The maximum Gasteiger partial charge on any atom is 0.405 e. The van der Waals surface area contributed by atoms with Crippen molar-refractivity contribution in [2.75, 3.05) is 25.5 Å². The van der Waals surface area contributed by atoms with Gasteiger partial charge in [0.15, 0.2) is 0 Å². The molecule has 0 aliphatic carbocycles. The van der Waals surface area contributed by atoms with Gasteiger partial charge in [-0.3, -0.25) is 9.48 Å². The molecule has 1 aliphatic heterocycles. The van der Waals surface area contributed by atoms with Crippen LogP contribution in [0.15, 0.2) is 30.6 Å². The molecule has 0 saturated heterocycles. The average molecular weight is 422 g/mol. The van der Waals surface area contributed by atoms with Gasteiger partial charge in [0, 0.05) is 37.0 Å². The Kier molecular flexibility index (Phi) is 7.26. The SMILES string of the molecule is CC(=O)N1c2ccc(-c3cnn(CCN(C)C)c3)cc2[C@@H](NC(=O)O)C[C@H]1C.Cl. The van der Waals surface area contributed by atoms with E-state index in [2.05, 4.69) is 15.3 Å². The lowest BCUT2D eigenvalue weighted by Gasteiger charge is -2.39. The molecular formula is C20H28ClN5O3. The standard InChI is InChI=1S/C20H27N5O3.ClH/c1-13-9-18(22-20(27)28)17-10-15(5-6-19(17)25(13)14(2)26)16-11-21-24(12-16)8-7-23(3)4;/h5-6,10-13,18,22H,7-9H2,1-4H3,(H,27,28);1H/t13-,18+;/m1./s1. The number of aromatic nitrogens is 2. The number of benzene rings is 1. The third kappa shape index (κ3) is 5.07. The maximum absolute atomic E-state index is 12.2. The number of carbonyl (C=O) groups is 2. The molecule has 3 rings (SSSR count). The summed E-state index contributed by atoms with van der Waals surface area (Å²) in [5.74, 6) is -0.0493. The number of carbonyl (C=O) groups excluding carboxylic acids is 1. The second-order valence-corrected chi connectivity index (χ2v) is 7.54. The Morgan fingerprint density at radius 2 is 2.03 bits per heavy atom. The van der Waals surface area contributed by atoms with Gasteiger partial charge in [0.1, 0.15) is 0 Å². The molecule has 0 unspecified atom stereocenters. The van der Waals surface area contributed by atoms with Gasteiger partial charge in [0.2, 0.25) is 5.91 Å². The largest absolute Gasteiger partial charge is 0.465 e. The predicted octanol–water partition coefficient (Wildman–Crippen LogP) is 2.99. The van der Waals surface area contributed by atoms with Crippen LogP contribution < -0.4 is 10.2 Å². The minimum atomic E-state index is -1.07. The van der Waals surface area contributed by atoms with Crippen molar-refractivity contribution in [1.29, 1.82) is 0 Å². The molecule has 1 aromatic carbocycles. The fourth-order valence-electron chi connectivity index (χ4n) is 3.75. The zero-order chi connectivity index (χ0) is 20.4. The van der Waals surface area contributed by atoms with Crippen LogP contribution in [0, 0.1) is 0 Å². The van der Waals surface area contributed by atoms with E-state index in [1.807, 2.05) is 56.3 Å². The highest BCUT2D eigenvalue weighted by molar-refractivity contribution is 5.94. The maximum atomic E-state index is 12.2. The first-order chi connectivity index (χ1) is 13.3. The van der Waals surface area contributed by atoms with Crippen molar-refractivity contribution < 1.29 is 14.7 Å². The number of anilines is 1. The lowest BCUT2D eigenvalue weighted by Crippen LogP contribution is -2.45.